The van der Waals surface area contributed by atoms with Gasteiger partial charge in [0.25, 0.3) is 5.91 Å². The number of likely N-dealkylation sites (N-methyl/N-ethyl adjacent to an activating group) is 1. The number of hydrogen-bond donors (Lipinski definition) is 0. The number of carbonyl (C=O) groups is 1. The van der Waals surface area contributed by atoms with E-state index in [1.165, 1.54) is 23.6 Å². The number of pyridine rings is 1. The number of nitrogens with zero attached hydrogens (tertiary/aromatic N) is 4. The van der Waals surface area contributed by atoms with Crippen molar-refractivity contribution in [2.45, 2.75) is 12.2 Å². The number of hydrogen-bond acceptors (Lipinski definition) is 5. The van der Waals surface area contributed by atoms with Crippen LogP contribution < -0.4 is 0 Å². The first kappa shape index (κ1) is 20.1. The van der Waals surface area contributed by atoms with Gasteiger partial charge < -0.3 is 9.32 Å². The predicted molar refractivity (Wildman–Crippen MR) is 104 cm³/mol. The van der Waals surface area contributed by atoms with Crippen molar-refractivity contribution in [3.63, 3.8) is 0 Å². The predicted octanol–water partition coefficient (Wildman–Crippen LogP) is 4.30. The number of rotatable bonds is 4. The first-order chi connectivity index (χ1) is 13.7. The van der Waals surface area contributed by atoms with Crippen LogP contribution in [0.4, 0.5) is 13.2 Å². The SMILES string of the molecule is CSN(C)C1CN(C(=O)c2nc3c(C(F)(F)F)cc(-c4ccoc4)cn3c2Cl)C1. The Bertz CT molecular complexity index is 1060. The number of aromatic nitrogens is 2. The molecule has 0 spiro atoms. The molecule has 4 rings (SSSR count). The van der Waals surface area contributed by atoms with Gasteiger partial charge in [-0.3, -0.25) is 9.20 Å². The first-order valence-corrected chi connectivity index (χ1v) is 10.1. The number of likely N-dealkylation sites (tertiary alicyclic amines) is 1. The average Bonchev–Trinajstić information content (AvgIpc) is 3.27. The van der Waals surface area contributed by atoms with Crippen LogP contribution in [0.3, 0.4) is 0 Å². The number of halogens is 4. The lowest BCUT2D eigenvalue weighted by Crippen LogP contribution is -2.58. The van der Waals surface area contributed by atoms with Crippen LogP contribution in [-0.2, 0) is 6.18 Å². The third-order valence-electron chi connectivity index (χ3n) is 4.98. The van der Waals surface area contributed by atoms with Crippen molar-refractivity contribution in [3.8, 4) is 11.1 Å². The van der Waals surface area contributed by atoms with Gasteiger partial charge in [-0.05, 0) is 25.4 Å². The molecule has 1 saturated heterocycles. The van der Waals surface area contributed by atoms with E-state index in [9.17, 15) is 18.0 Å². The zero-order valence-corrected chi connectivity index (χ0v) is 17.0. The van der Waals surface area contributed by atoms with Gasteiger partial charge >= 0.3 is 6.18 Å². The molecule has 1 aliphatic heterocycles. The number of alkyl halides is 3. The third-order valence-corrected chi connectivity index (χ3v) is 6.21. The van der Waals surface area contributed by atoms with Gasteiger partial charge in [-0.1, -0.05) is 23.5 Å². The second-order valence-electron chi connectivity index (χ2n) is 6.69. The van der Waals surface area contributed by atoms with Gasteiger partial charge in [0.05, 0.1) is 24.1 Å². The molecule has 0 unspecified atom stereocenters. The van der Waals surface area contributed by atoms with Gasteiger partial charge in [-0.15, -0.1) is 0 Å². The highest BCUT2D eigenvalue weighted by atomic mass is 35.5. The van der Waals surface area contributed by atoms with E-state index in [1.807, 2.05) is 17.6 Å². The largest absolute Gasteiger partial charge is 0.472 e. The van der Waals surface area contributed by atoms with Crippen molar-refractivity contribution >= 4 is 35.1 Å². The standard InChI is InChI=1S/C18H16ClF3N4O2S/c1-24(29-2)12-7-25(8-12)17(27)14-15(19)26-6-11(10-3-4-28-9-10)5-13(16(26)23-14)18(20,21)22/h3-6,9,12H,7-8H2,1-2H3. The maximum atomic E-state index is 13.7. The van der Waals surface area contributed by atoms with Crippen LogP contribution in [-0.4, -0.2) is 56.9 Å². The summed E-state index contributed by atoms with van der Waals surface area (Å²) in [7, 11) is 1.92. The van der Waals surface area contributed by atoms with Crippen LogP contribution in [0.15, 0.2) is 35.3 Å². The van der Waals surface area contributed by atoms with E-state index >= 15 is 0 Å². The highest BCUT2D eigenvalue weighted by molar-refractivity contribution is 7.96. The maximum absolute atomic E-state index is 13.7. The van der Waals surface area contributed by atoms with E-state index < -0.39 is 23.3 Å². The van der Waals surface area contributed by atoms with Gasteiger partial charge in [0.1, 0.15) is 5.15 Å². The van der Waals surface area contributed by atoms with E-state index in [0.29, 0.717) is 18.7 Å². The third kappa shape index (κ3) is 3.49. The molecule has 11 heteroatoms. The molecule has 29 heavy (non-hydrogen) atoms. The van der Waals surface area contributed by atoms with Crippen LogP contribution in [0.25, 0.3) is 16.8 Å². The lowest BCUT2D eigenvalue weighted by Gasteiger charge is -2.42. The first-order valence-electron chi connectivity index (χ1n) is 8.58. The molecular formula is C18H16ClF3N4O2S. The monoisotopic (exact) mass is 444 g/mol. The van der Waals surface area contributed by atoms with Crippen LogP contribution in [0.2, 0.25) is 5.15 Å². The minimum absolute atomic E-state index is 0.150. The van der Waals surface area contributed by atoms with Crippen molar-refractivity contribution in [1.29, 1.82) is 0 Å². The fourth-order valence-electron chi connectivity index (χ4n) is 3.20. The minimum atomic E-state index is -4.67. The van der Waals surface area contributed by atoms with Crippen LogP contribution in [0, 0.1) is 0 Å². The molecule has 6 nitrogen and oxygen atoms in total. The van der Waals surface area contributed by atoms with Gasteiger partial charge in [0.2, 0.25) is 0 Å². The fraction of sp³-hybridized carbons (Fsp3) is 0.333. The topological polar surface area (TPSA) is 54.0 Å². The van der Waals surface area contributed by atoms with Crippen LogP contribution in [0.1, 0.15) is 16.1 Å². The lowest BCUT2D eigenvalue weighted by atomic mass is 10.1. The van der Waals surface area contributed by atoms with Gasteiger partial charge in [0, 0.05) is 30.4 Å². The second-order valence-corrected chi connectivity index (χ2v) is 7.99. The zero-order chi connectivity index (χ0) is 20.9. The molecule has 4 heterocycles. The summed E-state index contributed by atoms with van der Waals surface area (Å²) in [5, 5.41) is -0.150. The summed E-state index contributed by atoms with van der Waals surface area (Å²) in [4.78, 5) is 18.3. The number of imidazole rings is 1. The molecule has 0 saturated carbocycles. The Balaban J connectivity index is 1.76. The molecule has 3 aromatic rings. The van der Waals surface area contributed by atoms with E-state index in [-0.39, 0.29) is 22.5 Å². The highest BCUT2D eigenvalue weighted by Gasteiger charge is 2.39. The van der Waals surface area contributed by atoms with Crippen LogP contribution >= 0.6 is 23.5 Å². The number of fused-ring (bicyclic) bond motifs is 1. The molecule has 0 aromatic carbocycles. The quantitative estimate of drug-likeness (QED) is 0.561. The van der Waals surface area contributed by atoms with Crippen molar-refractivity contribution in [2.24, 2.45) is 0 Å². The molecule has 0 radical (unpaired) electrons. The summed E-state index contributed by atoms with van der Waals surface area (Å²) in [5.41, 5.74) is -0.855. The molecular weight excluding hydrogens is 429 g/mol. The molecule has 0 N–H and O–H groups in total. The normalized spacial score (nSPS) is 15.3. The lowest BCUT2D eigenvalue weighted by molar-refractivity contribution is -0.136. The Morgan fingerprint density at radius 2 is 2.10 bits per heavy atom. The summed E-state index contributed by atoms with van der Waals surface area (Å²) in [6.07, 6.45) is 1.38. The minimum Gasteiger partial charge on any atom is -0.472 e. The Kier molecular flexibility index (Phi) is 5.04. The molecule has 3 aromatic heterocycles. The summed E-state index contributed by atoms with van der Waals surface area (Å²) < 4.78 is 49.1. The Morgan fingerprint density at radius 1 is 1.38 bits per heavy atom. The van der Waals surface area contributed by atoms with Gasteiger partial charge in [-0.2, -0.15) is 13.2 Å². The Hall–Kier alpha value is -2.17. The molecule has 1 amide bonds. The Labute approximate surface area is 173 Å². The van der Waals surface area contributed by atoms with Gasteiger partial charge in [0.15, 0.2) is 11.3 Å². The van der Waals surface area contributed by atoms with Crippen molar-refractivity contribution in [3.05, 3.63) is 47.3 Å². The number of furan rings is 1. The second kappa shape index (κ2) is 7.26. The zero-order valence-electron chi connectivity index (χ0n) is 15.4. The summed E-state index contributed by atoms with van der Waals surface area (Å²) in [6.45, 7) is 0.930. The van der Waals surface area contributed by atoms with E-state index in [1.54, 1.807) is 18.0 Å². The van der Waals surface area contributed by atoms with E-state index in [2.05, 4.69) is 4.98 Å². The number of amides is 1. The molecule has 154 valence electrons. The van der Waals surface area contributed by atoms with Crippen molar-refractivity contribution in [2.75, 3.05) is 26.4 Å². The summed E-state index contributed by atoms with van der Waals surface area (Å²) in [5.74, 6) is -0.484. The maximum Gasteiger partial charge on any atom is 0.420 e. The summed E-state index contributed by atoms with van der Waals surface area (Å²) in [6, 6.07) is 2.70. The van der Waals surface area contributed by atoms with Crippen molar-refractivity contribution in [1.82, 2.24) is 18.6 Å². The molecule has 1 aliphatic rings. The fourth-order valence-corrected chi connectivity index (χ4v) is 3.88. The average molecular weight is 445 g/mol. The van der Waals surface area contributed by atoms with Gasteiger partial charge in [-0.25, -0.2) is 9.29 Å². The van der Waals surface area contributed by atoms with E-state index in [0.717, 1.165) is 10.5 Å². The molecule has 0 aliphatic carbocycles. The highest BCUT2D eigenvalue weighted by Crippen LogP contribution is 2.37. The van der Waals surface area contributed by atoms with E-state index in [4.69, 9.17) is 16.0 Å². The summed E-state index contributed by atoms with van der Waals surface area (Å²) >= 11 is 7.85. The number of carbonyl (C=O) groups excluding carboxylic acids is 1. The Morgan fingerprint density at radius 3 is 2.69 bits per heavy atom. The molecule has 0 bridgehead atoms. The van der Waals surface area contributed by atoms with Crippen LogP contribution in [0.5, 0.6) is 0 Å². The molecule has 0 atom stereocenters. The van der Waals surface area contributed by atoms with Crippen molar-refractivity contribution < 1.29 is 22.4 Å². The smallest absolute Gasteiger partial charge is 0.420 e. The molecule has 1 fully saturated rings.